The summed E-state index contributed by atoms with van der Waals surface area (Å²) in [6.45, 7) is 4.35. The standard InChI is InChI=1S/C20H22Cl2N2O2/c1-14-3-5-16(6-4-14)12-24(15(2)25)13-20(26)23-10-9-17-7-8-18(21)11-19(17)22/h3-8,11H,9-10,12-13H2,1-2H3,(H,23,26). The molecule has 0 radical (unpaired) electrons. The van der Waals surface area contributed by atoms with Crippen LogP contribution in [0.2, 0.25) is 10.0 Å². The Morgan fingerprint density at radius 1 is 1.08 bits per heavy atom. The summed E-state index contributed by atoms with van der Waals surface area (Å²) in [5, 5.41) is 3.99. The van der Waals surface area contributed by atoms with Gasteiger partial charge in [0.05, 0.1) is 6.54 Å². The molecule has 2 amide bonds. The number of aryl methyl sites for hydroxylation is 1. The molecule has 26 heavy (non-hydrogen) atoms. The van der Waals surface area contributed by atoms with Crippen LogP contribution in [0.5, 0.6) is 0 Å². The molecule has 0 saturated heterocycles. The van der Waals surface area contributed by atoms with Gasteiger partial charge in [0.2, 0.25) is 11.8 Å². The predicted octanol–water partition coefficient (Wildman–Crippen LogP) is 4.01. The van der Waals surface area contributed by atoms with E-state index < -0.39 is 0 Å². The summed E-state index contributed by atoms with van der Waals surface area (Å²) in [5.74, 6) is -0.334. The molecule has 0 aliphatic heterocycles. The molecule has 0 bridgehead atoms. The molecule has 2 aromatic rings. The summed E-state index contributed by atoms with van der Waals surface area (Å²) in [6, 6.07) is 13.2. The minimum atomic E-state index is -0.197. The zero-order chi connectivity index (χ0) is 19.1. The van der Waals surface area contributed by atoms with E-state index in [0.29, 0.717) is 29.6 Å². The maximum Gasteiger partial charge on any atom is 0.239 e. The first kappa shape index (κ1) is 20.3. The van der Waals surface area contributed by atoms with Crippen molar-refractivity contribution in [2.24, 2.45) is 0 Å². The van der Waals surface area contributed by atoms with Crippen LogP contribution in [0.25, 0.3) is 0 Å². The largest absolute Gasteiger partial charge is 0.354 e. The van der Waals surface area contributed by atoms with Crippen LogP contribution in [0.15, 0.2) is 42.5 Å². The van der Waals surface area contributed by atoms with Gasteiger partial charge in [0.15, 0.2) is 0 Å². The van der Waals surface area contributed by atoms with E-state index >= 15 is 0 Å². The average molecular weight is 393 g/mol. The van der Waals surface area contributed by atoms with E-state index in [1.54, 1.807) is 12.1 Å². The van der Waals surface area contributed by atoms with Crippen molar-refractivity contribution in [2.45, 2.75) is 26.8 Å². The van der Waals surface area contributed by atoms with Gasteiger partial charge in [0.1, 0.15) is 0 Å². The van der Waals surface area contributed by atoms with Gasteiger partial charge in [-0.25, -0.2) is 0 Å². The van der Waals surface area contributed by atoms with E-state index in [2.05, 4.69) is 5.32 Å². The second kappa shape index (κ2) is 9.60. The molecule has 6 heteroatoms. The molecule has 4 nitrogen and oxygen atoms in total. The van der Waals surface area contributed by atoms with Gasteiger partial charge in [0.25, 0.3) is 0 Å². The number of benzene rings is 2. The Morgan fingerprint density at radius 2 is 1.77 bits per heavy atom. The molecular formula is C20H22Cl2N2O2. The zero-order valence-electron chi connectivity index (χ0n) is 14.9. The minimum absolute atomic E-state index is 0.0254. The van der Waals surface area contributed by atoms with Crippen molar-refractivity contribution < 1.29 is 9.59 Å². The predicted molar refractivity (Wildman–Crippen MR) is 105 cm³/mol. The molecule has 0 saturated carbocycles. The first-order valence-electron chi connectivity index (χ1n) is 8.37. The van der Waals surface area contributed by atoms with Gasteiger partial charge in [-0.1, -0.05) is 59.1 Å². The van der Waals surface area contributed by atoms with Gasteiger partial charge in [-0.3, -0.25) is 9.59 Å². The highest BCUT2D eigenvalue weighted by Crippen LogP contribution is 2.21. The van der Waals surface area contributed by atoms with Crippen LogP contribution in [0, 0.1) is 6.92 Å². The molecule has 1 N–H and O–H groups in total. The van der Waals surface area contributed by atoms with Crippen molar-refractivity contribution in [3.8, 4) is 0 Å². The second-order valence-corrected chi connectivity index (χ2v) is 7.04. The number of hydrogen-bond acceptors (Lipinski definition) is 2. The molecule has 0 atom stereocenters. The normalized spacial score (nSPS) is 10.5. The number of carbonyl (C=O) groups excluding carboxylic acids is 2. The van der Waals surface area contributed by atoms with Crippen LogP contribution >= 0.6 is 23.2 Å². The number of hydrogen-bond donors (Lipinski definition) is 1. The van der Waals surface area contributed by atoms with Gasteiger partial charge in [-0.2, -0.15) is 0 Å². The van der Waals surface area contributed by atoms with Gasteiger partial charge >= 0.3 is 0 Å². The van der Waals surface area contributed by atoms with Crippen LogP contribution < -0.4 is 5.32 Å². The van der Waals surface area contributed by atoms with E-state index in [9.17, 15) is 9.59 Å². The molecule has 138 valence electrons. The summed E-state index contributed by atoms with van der Waals surface area (Å²) in [5.41, 5.74) is 3.06. The Hall–Kier alpha value is -2.04. The molecule has 0 aromatic heterocycles. The van der Waals surface area contributed by atoms with Crippen LogP contribution in [-0.2, 0) is 22.6 Å². The number of carbonyl (C=O) groups is 2. The van der Waals surface area contributed by atoms with Gasteiger partial charge in [-0.15, -0.1) is 0 Å². The molecule has 0 spiro atoms. The Bertz CT molecular complexity index is 776. The van der Waals surface area contributed by atoms with E-state index in [4.69, 9.17) is 23.2 Å². The summed E-state index contributed by atoms with van der Waals surface area (Å²) >= 11 is 12.0. The Kier molecular flexibility index (Phi) is 7.49. The highest BCUT2D eigenvalue weighted by Gasteiger charge is 2.14. The minimum Gasteiger partial charge on any atom is -0.354 e. The second-order valence-electron chi connectivity index (χ2n) is 6.20. The maximum atomic E-state index is 12.2. The fraction of sp³-hybridized carbons (Fsp3) is 0.300. The number of nitrogens with one attached hydrogen (secondary N) is 1. The topological polar surface area (TPSA) is 49.4 Å². The number of amides is 2. The molecular weight excluding hydrogens is 371 g/mol. The van der Waals surface area contributed by atoms with Crippen molar-refractivity contribution in [3.05, 3.63) is 69.2 Å². The third-order valence-corrected chi connectivity index (χ3v) is 4.59. The zero-order valence-corrected chi connectivity index (χ0v) is 16.4. The molecule has 2 aromatic carbocycles. The molecule has 0 fully saturated rings. The van der Waals surface area contributed by atoms with E-state index in [-0.39, 0.29) is 18.4 Å². The van der Waals surface area contributed by atoms with Crippen LogP contribution in [0.4, 0.5) is 0 Å². The summed E-state index contributed by atoms with van der Waals surface area (Å²) in [6.07, 6.45) is 0.597. The van der Waals surface area contributed by atoms with Gasteiger partial charge in [-0.05, 0) is 36.6 Å². The molecule has 0 aliphatic carbocycles. The van der Waals surface area contributed by atoms with Crippen molar-refractivity contribution in [3.63, 3.8) is 0 Å². The Balaban J connectivity index is 1.85. The Labute approximate surface area is 164 Å². The Morgan fingerprint density at radius 3 is 2.38 bits per heavy atom. The summed E-state index contributed by atoms with van der Waals surface area (Å²) < 4.78 is 0. The third kappa shape index (κ3) is 6.36. The lowest BCUT2D eigenvalue weighted by Crippen LogP contribution is -2.39. The lowest BCUT2D eigenvalue weighted by Gasteiger charge is -2.21. The molecule has 2 rings (SSSR count). The van der Waals surface area contributed by atoms with E-state index in [1.807, 2.05) is 37.3 Å². The molecule has 0 unspecified atom stereocenters. The number of nitrogens with zero attached hydrogens (tertiary/aromatic N) is 1. The van der Waals surface area contributed by atoms with Crippen LogP contribution in [0.1, 0.15) is 23.6 Å². The lowest BCUT2D eigenvalue weighted by atomic mass is 10.1. The van der Waals surface area contributed by atoms with Crippen molar-refractivity contribution in [2.75, 3.05) is 13.1 Å². The quantitative estimate of drug-likeness (QED) is 0.773. The fourth-order valence-corrected chi connectivity index (χ4v) is 2.99. The van der Waals surface area contributed by atoms with Crippen LogP contribution in [-0.4, -0.2) is 29.8 Å². The van der Waals surface area contributed by atoms with E-state index in [1.165, 1.54) is 11.8 Å². The monoisotopic (exact) mass is 392 g/mol. The molecule has 0 heterocycles. The third-order valence-electron chi connectivity index (χ3n) is 4.01. The fourth-order valence-electron chi connectivity index (χ4n) is 2.48. The maximum absolute atomic E-state index is 12.2. The first-order chi connectivity index (χ1) is 12.3. The lowest BCUT2D eigenvalue weighted by molar-refractivity contribution is -0.134. The first-order valence-corrected chi connectivity index (χ1v) is 9.12. The summed E-state index contributed by atoms with van der Waals surface area (Å²) in [7, 11) is 0. The molecule has 0 aliphatic rings. The van der Waals surface area contributed by atoms with Crippen molar-refractivity contribution in [1.82, 2.24) is 10.2 Å². The van der Waals surface area contributed by atoms with Crippen molar-refractivity contribution in [1.29, 1.82) is 0 Å². The van der Waals surface area contributed by atoms with Gasteiger partial charge in [0, 0.05) is 30.1 Å². The highest BCUT2D eigenvalue weighted by molar-refractivity contribution is 6.35. The average Bonchev–Trinajstić information content (AvgIpc) is 2.58. The summed E-state index contributed by atoms with van der Waals surface area (Å²) in [4.78, 5) is 25.5. The smallest absolute Gasteiger partial charge is 0.239 e. The number of halogens is 2. The van der Waals surface area contributed by atoms with E-state index in [0.717, 1.165) is 16.7 Å². The SMILES string of the molecule is CC(=O)N(CC(=O)NCCc1ccc(Cl)cc1Cl)Cc1ccc(C)cc1. The number of rotatable bonds is 7. The van der Waals surface area contributed by atoms with Gasteiger partial charge < -0.3 is 10.2 Å². The highest BCUT2D eigenvalue weighted by atomic mass is 35.5. The van der Waals surface area contributed by atoms with Crippen molar-refractivity contribution >= 4 is 35.0 Å². The van der Waals surface area contributed by atoms with Crippen LogP contribution in [0.3, 0.4) is 0 Å².